The van der Waals surface area contributed by atoms with Crippen LogP contribution in [0.3, 0.4) is 0 Å². The molecule has 0 fully saturated rings. The Morgan fingerprint density at radius 3 is 2.58 bits per heavy atom. The first-order valence-corrected chi connectivity index (χ1v) is 5.25. The Morgan fingerprint density at radius 1 is 1.33 bits per heavy atom. The van der Waals surface area contributed by atoms with Gasteiger partial charge in [-0.05, 0) is 0 Å². The van der Waals surface area contributed by atoms with E-state index >= 15 is 0 Å². The van der Waals surface area contributed by atoms with Gasteiger partial charge in [-0.2, -0.15) is 0 Å². The minimum atomic E-state index is -0.882. The van der Waals surface area contributed by atoms with Crippen LogP contribution in [0.2, 0.25) is 0 Å². The molecule has 66 valence electrons. The van der Waals surface area contributed by atoms with Gasteiger partial charge in [0.05, 0.1) is 0 Å². The summed E-state index contributed by atoms with van der Waals surface area (Å²) in [4.78, 5) is 2.05. The summed E-state index contributed by atoms with van der Waals surface area (Å²) >= 11 is -0.882. The zero-order valence-corrected chi connectivity index (χ0v) is 8.96. The van der Waals surface area contributed by atoms with Crippen LogP contribution in [0.25, 0.3) is 0 Å². The van der Waals surface area contributed by atoms with E-state index in [4.69, 9.17) is 0 Å². The molecule has 0 radical (unpaired) electrons. The van der Waals surface area contributed by atoms with Crippen molar-refractivity contribution >= 4 is 19.9 Å². The molecule has 0 aliphatic heterocycles. The van der Waals surface area contributed by atoms with Gasteiger partial charge in [-0.25, -0.2) is 0 Å². The van der Waals surface area contributed by atoms with Crippen molar-refractivity contribution in [3.63, 3.8) is 0 Å². The zero-order valence-electron chi connectivity index (χ0n) is 7.25. The molecule has 3 heteroatoms. The van der Waals surface area contributed by atoms with E-state index in [0.29, 0.717) is 0 Å². The van der Waals surface area contributed by atoms with Gasteiger partial charge in [0.15, 0.2) is 0 Å². The van der Waals surface area contributed by atoms with Gasteiger partial charge in [0.1, 0.15) is 0 Å². The van der Waals surface area contributed by atoms with E-state index in [0.717, 1.165) is 16.6 Å². The number of nitrogens with zero attached hydrogens (tertiary/aromatic N) is 1. The first kappa shape index (κ1) is 9.72. The van der Waals surface area contributed by atoms with Crippen LogP contribution in [0.1, 0.15) is 5.56 Å². The van der Waals surface area contributed by atoms with Crippen molar-refractivity contribution in [3.05, 3.63) is 29.8 Å². The number of rotatable bonds is 3. The van der Waals surface area contributed by atoms with Crippen molar-refractivity contribution in [2.45, 2.75) is 6.54 Å². The van der Waals surface area contributed by atoms with Crippen molar-refractivity contribution in [3.8, 4) is 0 Å². The summed E-state index contributed by atoms with van der Waals surface area (Å²) in [6.07, 6.45) is 0. The van der Waals surface area contributed by atoms with Gasteiger partial charge in [-0.3, -0.25) is 0 Å². The average molecular weight is 232 g/mol. The molecule has 0 aliphatic rings. The SMILES string of the molecule is CN(C)Cc1ccccc1[Se]F. The monoisotopic (exact) mass is 233 g/mol. The molecule has 0 unspecified atom stereocenters. The fraction of sp³-hybridized carbons (Fsp3) is 0.333. The van der Waals surface area contributed by atoms with Gasteiger partial charge in [0, 0.05) is 0 Å². The van der Waals surface area contributed by atoms with Gasteiger partial charge in [-0.1, -0.05) is 0 Å². The maximum atomic E-state index is 12.5. The van der Waals surface area contributed by atoms with E-state index in [9.17, 15) is 3.55 Å². The fourth-order valence-corrected chi connectivity index (χ4v) is 1.81. The number of benzene rings is 1. The predicted octanol–water partition coefficient (Wildman–Crippen LogP) is 0.962. The second kappa shape index (κ2) is 4.61. The fourth-order valence-electron chi connectivity index (χ4n) is 1.05. The Labute approximate surface area is 79.2 Å². The molecule has 1 aromatic rings. The third-order valence-electron chi connectivity index (χ3n) is 1.54. The third-order valence-corrected chi connectivity index (χ3v) is 2.73. The molecule has 1 aromatic carbocycles. The molecule has 0 aromatic heterocycles. The molecule has 0 saturated carbocycles. The van der Waals surface area contributed by atoms with E-state index < -0.39 is 15.4 Å². The number of hydrogen-bond acceptors (Lipinski definition) is 1. The average Bonchev–Trinajstić information content (AvgIpc) is 2.04. The maximum absolute atomic E-state index is 12.5. The molecule has 0 amide bonds. The van der Waals surface area contributed by atoms with E-state index in [-0.39, 0.29) is 0 Å². The van der Waals surface area contributed by atoms with Gasteiger partial charge < -0.3 is 0 Å². The first-order valence-electron chi connectivity index (χ1n) is 3.75. The predicted molar refractivity (Wildman–Crippen MR) is 50.3 cm³/mol. The van der Waals surface area contributed by atoms with Crippen LogP contribution in [0.5, 0.6) is 0 Å². The first-order chi connectivity index (χ1) is 5.74. The molecule has 0 saturated heterocycles. The van der Waals surface area contributed by atoms with Gasteiger partial charge in [0.2, 0.25) is 0 Å². The van der Waals surface area contributed by atoms with Crippen LogP contribution in [0.4, 0.5) is 3.55 Å². The quantitative estimate of drug-likeness (QED) is 0.702. The Bertz CT molecular complexity index is 250. The molecule has 0 bridgehead atoms. The van der Waals surface area contributed by atoms with E-state index in [2.05, 4.69) is 0 Å². The molecule has 0 spiro atoms. The summed E-state index contributed by atoms with van der Waals surface area (Å²) in [6, 6.07) is 7.68. The third kappa shape index (κ3) is 2.59. The van der Waals surface area contributed by atoms with Crippen molar-refractivity contribution in [1.29, 1.82) is 0 Å². The summed E-state index contributed by atoms with van der Waals surface area (Å²) in [7, 11) is 3.98. The minimum absolute atomic E-state index is 0.821. The zero-order chi connectivity index (χ0) is 8.97. The van der Waals surface area contributed by atoms with Gasteiger partial charge in [0.25, 0.3) is 0 Å². The molecular formula is C9H12FNSe. The summed E-state index contributed by atoms with van der Waals surface area (Å²) in [5, 5.41) is 0. The molecular weight excluding hydrogens is 220 g/mol. The van der Waals surface area contributed by atoms with E-state index in [1.54, 1.807) is 0 Å². The van der Waals surface area contributed by atoms with Crippen LogP contribution >= 0.6 is 0 Å². The van der Waals surface area contributed by atoms with Crippen molar-refractivity contribution in [1.82, 2.24) is 4.90 Å². The van der Waals surface area contributed by atoms with Crippen molar-refractivity contribution < 1.29 is 3.55 Å². The molecule has 0 atom stereocenters. The van der Waals surface area contributed by atoms with E-state index in [1.807, 2.05) is 43.3 Å². The van der Waals surface area contributed by atoms with Crippen molar-refractivity contribution in [2.24, 2.45) is 0 Å². The molecule has 12 heavy (non-hydrogen) atoms. The number of halogens is 1. The standard InChI is InChI=1S/C9H12FNSe/c1-11(2)7-8-5-3-4-6-9(8)12-10/h3-6H,7H2,1-2H3. The molecule has 1 rings (SSSR count). The Kier molecular flexibility index (Phi) is 3.73. The Balaban J connectivity index is 2.82. The van der Waals surface area contributed by atoms with Crippen LogP contribution in [0, 0.1) is 0 Å². The van der Waals surface area contributed by atoms with E-state index in [1.165, 1.54) is 0 Å². The van der Waals surface area contributed by atoms with Crippen molar-refractivity contribution in [2.75, 3.05) is 14.1 Å². The Morgan fingerprint density at radius 2 is 2.00 bits per heavy atom. The van der Waals surface area contributed by atoms with Gasteiger partial charge >= 0.3 is 78.8 Å². The summed E-state index contributed by atoms with van der Waals surface area (Å²) < 4.78 is 13.3. The molecule has 0 heterocycles. The summed E-state index contributed by atoms with van der Waals surface area (Å²) in [5.74, 6) is 0. The summed E-state index contributed by atoms with van der Waals surface area (Å²) in [6.45, 7) is 0.821. The Hall–Kier alpha value is -0.371. The van der Waals surface area contributed by atoms with Crippen LogP contribution < -0.4 is 4.46 Å². The second-order valence-electron chi connectivity index (χ2n) is 2.92. The van der Waals surface area contributed by atoms with Crippen LogP contribution in [-0.4, -0.2) is 34.4 Å². The molecule has 1 nitrogen and oxygen atoms in total. The summed E-state index contributed by atoms with van der Waals surface area (Å²) in [5.41, 5.74) is 1.10. The van der Waals surface area contributed by atoms with Crippen LogP contribution in [0.15, 0.2) is 24.3 Å². The topological polar surface area (TPSA) is 3.24 Å². The molecule has 0 aliphatic carbocycles. The number of hydrogen-bond donors (Lipinski definition) is 0. The normalized spacial score (nSPS) is 10.7. The molecule has 0 N–H and O–H groups in total. The van der Waals surface area contributed by atoms with Crippen LogP contribution in [-0.2, 0) is 6.54 Å². The van der Waals surface area contributed by atoms with Gasteiger partial charge in [-0.15, -0.1) is 0 Å². The second-order valence-corrected chi connectivity index (χ2v) is 4.17.